The zero-order valence-electron chi connectivity index (χ0n) is 11.2. The van der Waals surface area contributed by atoms with Crippen LogP contribution in [0.15, 0.2) is 17.1 Å². The summed E-state index contributed by atoms with van der Waals surface area (Å²) in [7, 11) is 3.20. The molecule has 1 aromatic rings. The number of nitrogens with one attached hydrogen (secondary N) is 1. The molecule has 1 aliphatic heterocycles. The fourth-order valence-corrected chi connectivity index (χ4v) is 2.95. The van der Waals surface area contributed by atoms with Gasteiger partial charge in [-0.15, -0.1) is 0 Å². The van der Waals surface area contributed by atoms with E-state index in [-0.39, 0.29) is 0 Å². The van der Waals surface area contributed by atoms with Crippen molar-refractivity contribution in [3.63, 3.8) is 0 Å². The van der Waals surface area contributed by atoms with Crippen LogP contribution < -0.4 is 14.8 Å². The van der Waals surface area contributed by atoms with Gasteiger partial charge in [-0.25, -0.2) is 0 Å². The van der Waals surface area contributed by atoms with Crippen molar-refractivity contribution in [2.24, 2.45) is 4.99 Å². The fourth-order valence-electron chi connectivity index (χ4n) is 1.77. The van der Waals surface area contributed by atoms with E-state index in [1.807, 2.05) is 6.07 Å². The van der Waals surface area contributed by atoms with Crippen LogP contribution in [0.2, 0.25) is 5.02 Å². The van der Waals surface area contributed by atoms with Gasteiger partial charge in [-0.2, -0.15) is 0 Å². The van der Waals surface area contributed by atoms with E-state index in [4.69, 9.17) is 21.1 Å². The number of nitrogens with zero attached hydrogens (tertiary/aromatic N) is 1. The Labute approximate surface area is 122 Å². The van der Waals surface area contributed by atoms with Gasteiger partial charge in [0.25, 0.3) is 0 Å². The standard InChI is InChI=1S/C13H17ClN2O2S/c1-4-8-7-15-13(19-8)16-10-6-11(17-2)9(14)5-12(10)18-3/h5-6,8H,4,7H2,1-3H3,(H,15,16). The zero-order valence-corrected chi connectivity index (χ0v) is 12.8. The van der Waals surface area contributed by atoms with Crippen molar-refractivity contribution < 1.29 is 9.47 Å². The second-order valence-electron chi connectivity index (χ2n) is 4.11. The zero-order chi connectivity index (χ0) is 13.8. The van der Waals surface area contributed by atoms with Gasteiger partial charge in [0.15, 0.2) is 5.17 Å². The number of thioether (sulfide) groups is 1. The highest BCUT2D eigenvalue weighted by Crippen LogP contribution is 2.37. The summed E-state index contributed by atoms with van der Waals surface area (Å²) in [5.41, 5.74) is 0.812. The largest absolute Gasteiger partial charge is 0.495 e. The van der Waals surface area contributed by atoms with E-state index in [1.54, 1.807) is 32.0 Å². The van der Waals surface area contributed by atoms with E-state index in [2.05, 4.69) is 17.2 Å². The molecule has 1 unspecified atom stereocenters. The van der Waals surface area contributed by atoms with Gasteiger partial charge in [0.05, 0.1) is 31.5 Å². The first-order valence-electron chi connectivity index (χ1n) is 6.07. The Bertz CT molecular complexity index is 494. The molecule has 1 aromatic carbocycles. The Hall–Kier alpha value is -1.07. The molecule has 0 radical (unpaired) electrons. The molecule has 2 rings (SSSR count). The number of rotatable bonds is 4. The van der Waals surface area contributed by atoms with Gasteiger partial charge in [0.2, 0.25) is 0 Å². The van der Waals surface area contributed by atoms with Gasteiger partial charge in [0.1, 0.15) is 11.5 Å². The maximum atomic E-state index is 6.07. The molecular formula is C13H17ClN2O2S. The number of amidine groups is 1. The lowest BCUT2D eigenvalue weighted by Gasteiger charge is -2.13. The summed E-state index contributed by atoms with van der Waals surface area (Å²) in [4.78, 5) is 4.48. The van der Waals surface area contributed by atoms with Crippen molar-refractivity contribution in [3.8, 4) is 11.5 Å². The third-order valence-electron chi connectivity index (χ3n) is 2.89. The first-order chi connectivity index (χ1) is 9.17. The maximum Gasteiger partial charge on any atom is 0.161 e. The van der Waals surface area contributed by atoms with Crippen molar-refractivity contribution in [2.75, 3.05) is 26.1 Å². The van der Waals surface area contributed by atoms with E-state index >= 15 is 0 Å². The maximum absolute atomic E-state index is 6.07. The van der Waals surface area contributed by atoms with E-state index in [0.717, 1.165) is 23.8 Å². The minimum Gasteiger partial charge on any atom is -0.495 e. The Morgan fingerprint density at radius 2 is 2.11 bits per heavy atom. The Kier molecular flexibility index (Phi) is 4.82. The third kappa shape index (κ3) is 3.28. The van der Waals surface area contributed by atoms with Gasteiger partial charge >= 0.3 is 0 Å². The molecule has 0 spiro atoms. The molecule has 1 N–H and O–H groups in total. The summed E-state index contributed by atoms with van der Waals surface area (Å²) in [5, 5.41) is 5.27. The molecule has 0 saturated heterocycles. The second-order valence-corrected chi connectivity index (χ2v) is 5.80. The molecular weight excluding hydrogens is 284 g/mol. The predicted molar refractivity (Wildman–Crippen MR) is 82.2 cm³/mol. The Balaban J connectivity index is 2.19. The number of ether oxygens (including phenoxy) is 2. The van der Waals surface area contributed by atoms with Gasteiger partial charge in [0, 0.05) is 17.4 Å². The molecule has 1 aliphatic rings. The van der Waals surface area contributed by atoms with Gasteiger partial charge < -0.3 is 14.8 Å². The van der Waals surface area contributed by atoms with Crippen molar-refractivity contribution >= 4 is 34.2 Å². The average Bonchev–Trinajstić information content (AvgIpc) is 2.88. The summed E-state index contributed by atoms with van der Waals surface area (Å²) >= 11 is 7.83. The molecule has 104 valence electrons. The lowest BCUT2D eigenvalue weighted by atomic mass is 10.2. The van der Waals surface area contributed by atoms with Crippen molar-refractivity contribution in [2.45, 2.75) is 18.6 Å². The van der Waals surface area contributed by atoms with Crippen LogP contribution >= 0.6 is 23.4 Å². The minimum absolute atomic E-state index is 0.525. The number of benzene rings is 1. The molecule has 1 atom stereocenters. The first kappa shape index (κ1) is 14.3. The highest BCUT2D eigenvalue weighted by molar-refractivity contribution is 8.15. The van der Waals surface area contributed by atoms with E-state index < -0.39 is 0 Å². The normalized spacial score (nSPS) is 18.1. The Morgan fingerprint density at radius 3 is 2.68 bits per heavy atom. The number of anilines is 1. The molecule has 0 fully saturated rings. The smallest absolute Gasteiger partial charge is 0.161 e. The summed E-state index contributed by atoms with van der Waals surface area (Å²) in [6, 6.07) is 3.56. The molecule has 0 bridgehead atoms. The number of aliphatic imine (C=N–C) groups is 1. The summed E-state index contributed by atoms with van der Waals surface area (Å²) in [5.74, 6) is 1.29. The summed E-state index contributed by atoms with van der Waals surface area (Å²) < 4.78 is 10.5. The molecule has 1 heterocycles. The minimum atomic E-state index is 0.525. The highest BCUT2D eigenvalue weighted by Gasteiger charge is 2.19. The first-order valence-corrected chi connectivity index (χ1v) is 7.33. The van der Waals surface area contributed by atoms with Crippen LogP contribution in [-0.4, -0.2) is 31.2 Å². The van der Waals surface area contributed by atoms with Crippen LogP contribution in [0.25, 0.3) is 0 Å². The fraction of sp³-hybridized carbons (Fsp3) is 0.462. The molecule has 4 nitrogen and oxygen atoms in total. The topological polar surface area (TPSA) is 42.9 Å². The highest BCUT2D eigenvalue weighted by atomic mass is 35.5. The van der Waals surface area contributed by atoms with Crippen molar-refractivity contribution in [3.05, 3.63) is 17.2 Å². The van der Waals surface area contributed by atoms with Crippen LogP contribution in [0.1, 0.15) is 13.3 Å². The predicted octanol–water partition coefficient (Wildman–Crippen LogP) is 3.65. The molecule has 0 amide bonds. The van der Waals surface area contributed by atoms with E-state index in [1.165, 1.54) is 0 Å². The van der Waals surface area contributed by atoms with Crippen LogP contribution in [-0.2, 0) is 0 Å². The monoisotopic (exact) mass is 300 g/mol. The average molecular weight is 301 g/mol. The van der Waals surface area contributed by atoms with Gasteiger partial charge in [-0.05, 0) is 6.42 Å². The van der Waals surface area contributed by atoms with E-state index in [0.29, 0.717) is 21.8 Å². The Morgan fingerprint density at radius 1 is 1.37 bits per heavy atom. The van der Waals surface area contributed by atoms with Crippen LogP contribution in [0.3, 0.4) is 0 Å². The van der Waals surface area contributed by atoms with Gasteiger partial charge in [-0.3, -0.25) is 4.99 Å². The summed E-state index contributed by atoms with van der Waals surface area (Å²) in [6.07, 6.45) is 1.11. The lowest BCUT2D eigenvalue weighted by molar-refractivity contribution is 0.405. The molecule has 0 saturated carbocycles. The molecule has 0 aliphatic carbocycles. The van der Waals surface area contributed by atoms with Gasteiger partial charge in [-0.1, -0.05) is 30.3 Å². The summed E-state index contributed by atoms with van der Waals surface area (Å²) in [6.45, 7) is 3.03. The van der Waals surface area contributed by atoms with Crippen LogP contribution in [0.4, 0.5) is 5.69 Å². The third-order valence-corrected chi connectivity index (χ3v) is 4.45. The molecule has 0 aromatic heterocycles. The van der Waals surface area contributed by atoms with E-state index in [9.17, 15) is 0 Å². The van der Waals surface area contributed by atoms with Crippen LogP contribution in [0, 0.1) is 0 Å². The van der Waals surface area contributed by atoms with Crippen LogP contribution in [0.5, 0.6) is 11.5 Å². The lowest BCUT2D eigenvalue weighted by Crippen LogP contribution is -2.08. The van der Waals surface area contributed by atoms with Crippen molar-refractivity contribution in [1.82, 2.24) is 0 Å². The quantitative estimate of drug-likeness (QED) is 0.921. The van der Waals surface area contributed by atoms with Crippen molar-refractivity contribution in [1.29, 1.82) is 0 Å². The molecule has 6 heteroatoms. The number of hydrogen-bond acceptors (Lipinski definition) is 5. The molecule has 19 heavy (non-hydrogen) atoms. The number of methoxy groups -OCH3 is 2. The number of hydrogen-bond donors (Lipinski definition) is 1. The second kappa shape index (κ2) is 6.39. The number of halogens is 1. The SMILES string of the molecule is CCC1CN=C(Nc2cc(OC)c(Cl)cc2OC)S1.